The monoisotopic (exact) mass is 239 g/mol. The molecule has 0 aliphatic rings. The molecule has 0 amide bonds. The number of nitrogens with two attached hydrogens (primary N) is 2. The number of aliphatic carboxylic acids is 1. The van der Waals surface area contributed by atoms with Gasteiger partial charge in [-0.2, -0.15) is 0 Å². The number of anilines is 1. The third kappa shape index (κ3) is 4.07. The van der Waals surface area contributed by atoms with Crippen LogP contribution in [0.4, 0.5) is 5.82 Å². The zero-order chi connectivity index (χ0) is 12.8. The lowest BCUT2D eigenvalue weighted by Gasteiger charge is -2.07. The van der Waals surface area contributed by atoms with Crippen LogP contribution in [0.15, 0.2) is 18.3 Å². The van der Waals surface area contributed by atoms with Gasteiger partial charge >= 0.3 is 11.9 Å². The highest BCUT2D eigenvalue weighted by atomic mass is 16.5. The molecule has 0 spiro atoms. The fourth-order valence-electron chi connectivity index (χ4n) is 1.01. The van der Waals surface area contributed by atoms with Crippen LogP contribution in [-0.4, -0.2) is 34.7 Å². The molecule has 7 heteroatoms. The number of rotatable bonds is 5. The summed E-state index contributed by atoms with van der Waals surface area (Å²) < 4.78 is 4.83. The molecule has 0 bridgehead atoms. The van der Waals surface area contributed by atoms with Crippen molar-refractivity contribution in [3.63, 3.8) is 0 Å². The van der Waals surface area contributed by atoms with E-state index in [1.807, 2.05) is 0 Å². The molecule has 1 aromatic heterocycles. The number of carbonyl (C=O) groups is 2. The Hall–Kier alpha value is -2.15. The quantitative estimate of drug-likeness (QED) is 0.597. The van der Waals surface area contributed by atoms with E-state index in [1.165, 1.54) is 18.3 Å². The lowest BCUT2D eigenvalue weighted by molar-refractivity contribution is -0.138. The molecule has 5 N–H and O–H groups in total. The van der Waals surface area contributed by atoms with Crippen molar-refractivity contribution in [1.29, 1.82) is 0 Å². The van der Waals surface area contributed by atoms with Crippen molar-refractivity contribution in [2.45, 2.75) is 12.5 Å². The summed E-state index contributed by atoms with van der Waals surface area (Å²) in [5.41, 5.74) is 10.8. The number of carbonyl (C=O) groups excluding carboxylic acids is 1. The zero-order valence-electron chi connectivity index (χ0n) is 9.00. The minimum absolute atomic E-state index is 0.0589. The summed E-state index contributed by atoms with van der Waals surface area (Å²) in [4.78, 5) is 25.5. The number of ether oxygens (including phenoxy) is 1. The molecule has 0 fully saturated rings. The third-order valence-corrected chi connectivity index (χ3v) is 2.00. The number of nitrogen functional groups attached to an aromatic ring is 1. The van der Waals surface area contributed by atoms with E-state index in [4.69, 9.17) is 21.3 Å². The van der Waals surface area contributed by atoms with Crippen LogP contribution in [-0.2, 0) is 9.53 Å². The largest absolute Gasteiger partial charge is 0.480 e. The van der Waals surface area contributed by atoms with Crippen LogP contribution in [0.3, 0.4) is 0 Å². The van der Waals surface area contributed by atoms with Crippen molar-refractivity contribution < 1.29 is 19.4 Å². The molecule has 0 saturated carbocycles. The molecule has 0 aliphatic heterocycles. The number of carboxylic acids is 1. The predicted molar refractivity (Wildman–Crippen MR) is 59.2 cm³/mol. The lowest BCUT2D eigenvalue weighted by Crippen LogP contribution is -2.31. The van der Waals surface area contributed by atoms with E-state index in [-0.39, 0.29) is 18.6 Å². The Labute approximate surface area is 97.4 Å². The van der Waals surface area contributed by atoms with Crippen LogP contribution in [0.25, 0.3) is 0 Å². The molecule has 0 saturated heterocycles. The number of hydrogen-bond donors (Lipinski definition) is 3. The van der Waals surface area contributed by atoms with Crippen molar-refractivity contribution >= 4 is 17.8 Å². The van der Waals surface area contributed by atoms with Gasteiger partial charge < -0.3 is 21.3 Å². The molecule has 92 valence electrons. The Morgan fingerprint density at radius 1 is 1.47 bits per heavy atom. The van der Waals surface area contributed by atoms with E-state index in [1.54, 1.807) is 0 Å². The molecule has 1 atom stereocenters. The molecular weight excluding hydrogens is 226 g/mol. The van der Waals surface area contributed by atoms with Gasteiger partial charge in [-0.1, -0.05) is 0 Å². The van der Waals surface area contributed by atoms with Gasteiger partial charge in [0.15, 0.2) is 0 Å². The van der Waals surface area contributed by atoms with E-state index in [9.17, 15) is 9.59 Å². The van der Waals surface area contributed by atoms with Crippen LogP contribution in [0.1, 0.15) is 16.8 Å². The Bertz CT molecular complexity index is 405. The van der Waals surface area contributed by atoms with Gasteiger partial charge in [0.1, 0.15) is 11.9 Å². The fraction of sp³-hybridized carbons (Fsp3) is 0.300. The van der Waals surface area contributed by atoms with Crippen molar-refractivity contribution in [3.8, 4) is 0 Å². The van der Waals surface area contributed by atoms with Crippen LogP contribution in [0.5, 0.6) is 0 Å². The second-order valence-corrected chi connectivity index (χ2v) is 3.34. The first-order valence-corrected chi connectivity index (χ1v) is 4.87. The summed E-state index contributed by atoms with van der Waals surface area (Å²) >= 11 is 0. The molecule has 17 heavy (non-hydrogen) atoms. The molecule has 1 aromatic rings. The Balaban J connectivity index is 2.40. The molecule has 7 nitrogen and oxygen atoms in total. The predicted octanol–water partition coefficient (Wildman–Crippen LogP) is -0.377. The van der Waals surface area contributed by atoms with Gasteiger partial charge in [-0.3, -0.25) is 4.79 Å². The molecule has 1 heterocycles. The van der Waals surface area contributed by atoms with Crippen molar-refractivity contribution in [2.24, 2.45) is 5.73 Å². The number of carboxylic acid groups (broad SMARTS) is 1. The maximum atomic E-state index is 11.4. The van der Waals surface area contributed by atoms with Gasteiger partial charge in [-0.15, -0.1) is 0 Å². The maximum Gasteiger partial charge on any atom is 0.339 e. The van der Waals surface area contributed by atoms with Crippen LogP contribution >= 0.6 is 0 Å². The van der Waals surface area contributed by atoms with E-state index in [0.717, 1.165) is 0 Å². The van der Waals surface area contributed by atoms with Crippen LogP contribution < -0.4 is 11.5 Å². The number of nitrogens with zero attached hydrogens (tertiary/aromatic N) is 1. The Morgan fingerprint density at radius 3 is 2.71 bits per heavy atom. The normalized spacial score (nSPS) is 11.8. The highest BCUT2D eigenvalue weighted by molar-refractivity contribution is 5.89. The maximum absolute atomic E-state index is 11.4. The summed E-state index contributed by atoms with van der Waals surface area (Å²) in [6.45, 7) is -0.0589. The minimum Gasteiger partial charge on any atom is -0.480 e. The summed E-state index contributed by atoms with van der Waals surface area (Å²) in [6, 6.07) is 1.91. The van der Waals surface area contributed by atoms with Gasteiger partial charge in [0.05, 0.1) is 12.2 Å². The van der Waals surface area contributed by atoms with Crippen molar-refractivity contribution in [1.82, 2.24) is 4.98 Å². The molecule has 0 unspecified atom stereocenters. The first-order valence-electron chi connectivity index (χ1n) is 4.87. The molecule has 0 radical (unpaired) electrons. The second-order valence-electron chi connectivity index (χ2n) is 3.34. The molecule has 0 aromatic carbocycles. The second kappa shape index (κ2) is 5.80. The van der Waals surface area contributed by atoms with Gasteiger partial charge in [0.25, 0.3) is 0 Å². The molecular formula is C10H13N3O4. The van der Waals surface area contributed by atoms with Crippen molar-refractivity contribution in [2.75, 3.05) is 12.3 Å². The Kier molecular flexibility index (Phi) is 4.41. The highest BCUT2D eigenvalue weighted by Gasteiger charge is 2.13. The minimum atomic E-state index is -1.13. The van der Waals surface area contributed by atoms with E-state index < -0.39 is 18.0 Å². The molecule has 0 aliphatic carbocycles. The number of hydrogen-bond acceptors (Lipinski definition) is 6. The van der Waals surface area contributed by atoms with Gasteiger partial charge in [0, 0.05) is 12.6 Å². The SMILES string of the molecule is Nc1ccc(C(=O)OCC[C@H](N)C(=O)O)cn1. The number of aromatic nitrogens is 1. The standard InChI is InChI=1S/C10H13N3O4/c11-7(9(14)15)3-4-17-10(16)6-1-2-8(12)13-5-6/h1-2,5,7H,3-4,11H2,(H2,12,13)(H,14,15)/t7-/m0/s1. The molecule has 1 rings (SSSR count). The first kappa shape index (κ1) is 12.9. The summed E-state index contributed by atoms with van der Waals surface area (Å²) in [7, 11) is 0. The van der Waals surface area contributed by atoms with E-state index in [0.29, 0.717) is 5.82 Å². The van der Waals surface area contributed by atoms with Gasteiger partial charge in [0.2, 0.25) is 0 Å². The van der Waals surface area contributed by atoms with E-state index >= 15 is 0 Å². The van der Waals surface area contributed by atoms with Crippen LogP contribution in [0.2, 0.25) is 0 Å². The van der Waals surface area contributed by atoms with Gasteiger partial charge in [-0.25, -0.2) is 9.78 Å². The van der Waals surface area contributed by atoms with E-state index in [2.05, 4.69) is 4.98 Å². The summed E-state index contributed by atoms with van der Waals surface area (Å²) in [5.74, 6) is -1.42. The summed E-state index contributed by atoms with van der Waals surface area (Å²) in [6.07, 6.45) is 1.35. The average Bonchev–Trinajstić information content (AvgIpc) is 2.29. The topological polar surface area (TPSA) is 129 Å². The van der Waals surface area contributed by atoms with Crippen LogP contribution in [0, 0.1) is 0 Å². The fourth-order valence-corrected chi connectivity index (χ4v) is 1.01. The Morgan fingerprint density at radius 2 is 2.18 bits per heavy atom. The first-order chi connectivity index (χ1) is 8.00. The smallest absolute Gasteiger partial charge is 0.339 e. The highest BCUT2D eigenvalue weighted by Crippen LogP contribution is 2.03. The summed E-state index contributed by atoms with van der Waals surface area (Å²) in [5, 5.41) is 8.51. The zero-order valence-corrected chi connectivity index (χ0v) is 9.00. The van der Waals surface area contributed by atoms with Crippen molar-refractivity contribution in [3.05, 3.63) is 23.9 Å². The van der Waals surface area contributed by atoms with Gasteiger partial charge in [-0.05, 0) is 12.1 Å². The number of pyridine rings is 1. The lowest BCUT2D eigenvalue weighted by atomic mass is 10.2. The third-order valence-electron chi connectivity index (χ3n) is 2.00. The average molecular weight is 239 g/mol. The number of esters is 1.